The quantitative estimate of drug-likeness (QED) is 0.878. The summed E-state index contributed by atoms with van der Waals surface area (Å²) in [7, 11) is -1.48. The Bertz CT molecular complexity index is 586. The molecule has 5 heteroatoms. The Morgan fingerprint density at radius 2 is 1.86 bits per heavy atom. The van der Waals surface area contributed by atoms with Crippen molar-refractivity contribution in [2.75, 3.05) is 19.4 Å². The van der Waals surface area contributed by atoms with Gasteiger partial charge in [-0.2, -0.15) is 0 Å². The van der Waals surface area contributed by atoms with Crippen LogP contribution in [0.15, 0.2) is 12.1 Å². The zero-order chi connectivity index (χ0) is 16.3. The van der Waals surface area contributed by atoms with E-state index in [2.05, 4.69) is 37.6 Å². The van der Waals surface area contributed by atoms with Crippen molar-refractivity contribution in [1.82, 2.24) is 4.72 Å². The van der Waals surface area contributed by atoms with Gasteiger partial charge < -0.3 is 4.74 Å². The van der Waals surface area contributed by atoms with E-state index in [1.165, 1.54) is 0 Å². The average Bonchev–Trinajstić information content (AvgIpc) is 2.37. The molecule has 1 aromatic rings. The Hall–Kier alpha value is -1.07. The van der Waals surface area contributed by atoms with Gasteiger partial charge in [0.05, 0.1) is 12.9 Å². The molecule has 0 saturated heterocycles. The third kappa shape index (κ3) is 5.00. The first-order chi connectivity index (χ1) is 9.60. The summed E-state index contributed by atoms with van der Waals surface area (Å²) in [6.45, 7) is 10.5. The lowest BCUT2D eigenvalue weighted by Gasteiger charge is -2.25. The topological polar surface area (TPSA) is 55.4 Å². The number of benzene rings is 1. The van der Waals surface area contributed by atoms with Crippen LogP contribution in [0.5, 0.6) is 5.75 Å². The van der Waals surface area contributed by atoms with E-state index in [1.807, 2.05) is 6.92 Å². The van der Waals surface area contributed by atoms with Gasteiger partial charge in [0.15, 0.2) is 0 Å². The molecule has 0 aliphatic heterocycles. The molecule has 0 aromatic heterocycles. The zero-order valence-corrected chi connectivity index (χ0v) is 14.7. The first-order valence-corrected chi connectivity index (χ1v) is 8.91. The summed E-state index contributed by atoms with van der Waals surface area (Å²) in [5.41, 5.74) is 3.34. The van der Waals surface area contributed by atoms with E-state index in [0.29, 0.717) is 13.0 Å². The second kappa shape index (κ2) is 6.79. The van der Waals surface area contributed by atoms with E-state index in [9.17, 15) is 8.42 Å². The molecule has 0 aliphatic carbocycles. The normalized spacial score (nSPS) is 12.5. The molecule has 1 rings (SSSR count). The first-order valence-electron chi connectivity index (χ1n) is 7.26. The number of aryl methyl sites for hydroxylation is 1. The lowest BCUT2D eigenvalue weighted by Crippen LogP contribution is -2.27. The van der Waals surface area contributed by atoms with Crippen molar-refractivity contribution in [2.24, 2.45) is 0 Å². The van der Waals surface area contributed by atoms with Gasteiger partial charge in [-0.25, -0.2) is 13.1 Å². The molecular weight excluding hydrogens is 286 g/mol. The summed E-state index contributed by atoms with van der Waals surface area (Å²) >= 11 is 0. The fourth-order valence-corrected chi connectivity index (χ4v) is 2.89. The number of rotatable bonds is 6. The Labute approximate surface area is 129 Å². The molecule has 0 heterocycles. The number of methoxy groups -OCH3 is 1. The highest BCUT2D eigenvalue weighted by molar-refractivity contribution is 7.89. The Morgan fingerprint density at radius 1 is 1.24 bits per heavy atom. The number of hydrogen-bond acceptors (Lipinski definition) is 3. The Balaban J connectivity index is 3.05. The van der Waals surface area contributed by atoms with Crippen molar-refractivity contribution in [1.29, 1.82) is 0 Å². The SMILES string of the molecule is CCS(=O)(=O)NCCc1cc(C)cc(C(C)(C)C)c1OC. The van der Waals surface area contributed by atoms with Gasteiger partial charge in [0.1, 0.15) is 5.75 Å². The average molecular weight is 313 g/mol. The molecule has 0 aliphatic rings. The van der Waals surface area contributed by atoms with Crippen molar-refractivity contribution in [3.63, 3.8) is 0 Å². The van der Waals surface area contributed by atoms with Gasteiger partial charge in [0, 0.05) is 12.1 Å². The van der Waals surface area contributed by atoms with E-state index in [4.69, 9.17) is 4.74 Å². The van der Waals surface area contributed by atoms with E-state index in [-0.39, 0.29) is 11.2 Å². The van der Waals surface area contributed by atoms with Gasteiger partial charge in [0.2, 0.25) is 10.0 Å². The van der Waals surface area contributed by atoms with Crippen LogP contribution in [-0.2, 0) is 21.9 Å². The molecule has 1 aromatic carbocycles. The molecule has 0 saturated carbocycles. The summed E-state index contributed by atoms with van der Waals surface area (Å²) in [6, 6.07) is 4.20. The zero-order valence-electron chi connectivity index (χ0n) is 13.9. The van der Waals surface area contributed by atoms with Crippen LogP contribution >= 0.6 is 0 Å². The summed E-state index contributed by atoms with van der Waals surface area (Å²) in [5.74, 6) is 0.967. The standard InChI is InChI=1S/C16H27NO3S/c1-7-21(18,19)17-9-8-13-10-12(2)11-14(15(13)20-6)16(3,4)5/h10-11,17H,7-9H2,1-6H3. The summed E-state index contributed by atoms with van der Waals surface area (Å²) in [6.07, 6.45) is 0.618. The molecule has 0 spiro atoms. The molecule has 0 unspecified atom stereocenters. The number of ether oxygens (including phenoxy) is 1. The maximum Gasteiger partial charge on any atom is 0.211 e. The van der Waals surface area contributed by atoms with Crippen LogP contribution in [0.25, 0.3) is 0 Å². The molecule has 4 nitrogen and oxygen atoms in total. The van der Waals surface area contributed by atoms with Crippen LogP contribution in [0.2, 0.25) is 0 Å². The van der Waals surface area contributed by atoms with Gasteiger partial charge in [-0.15, -0.1) is 0 Å². The second-order valence-electron chi connectivity index (χ2n) is 6.30. The van der Waals surface area contributed by atoms with E-state index in [1.54, 1.807) is 14.0 Å². The van der Waals surface area contributed by atoms with Crippen molar-refractivity contribution < 1.29 is 13.2 Å². The van der Waals surface area contributed by atoms with Crippen LogP contribution in [0, 0.1) is 6.92 Å². The van der Waals surface area contributed by atoms with Gasteiger partial charge in [-0.3, -0.25) is 0 Å². The van der Waals surface area contributed by atoms with Crippen LogP contribution < -0.4 is 9.46 Å². The summed E-state index contributed by atoms with van der Waals surface area (Å²) in [4.78, 5) is 0. The second-order valence-corrected chi connectivity index (χ2v) is 8.40. The minimum atomic E-state index is -3.15. The summed E-state index contributed by atoms with van der Waals surface area (Å²) in [5, 5.41) is 0. The predicted octanol–water partition coefficient (Wildman–Crippen LogP) is 2.78. The molecule has 120 valence electrons. The van der Waals surface area contributed by atoms with Crippen LogP contribution in [0.3, 0.4) is 0 Å². The lowest BCUT2D eigenvalue weighted by atomic mass is 9.83. The molecular formula is C16H27NO3S. The monoisotopic (exact) mass is 313 g/mol. The molecule has 0 fully saturated rings. The van der Waals surface area contributed by atoms with Crippen LogP contribution in [0.4, 0.5) is 0 Å². The molecule has 0 bridgehead atoms. The summed E-state index contributed by atoms with van der Waals surface area (Å²) < 4.78 is 31.2. The third-order valence-corrected chi connectivity index (χ3v) is 4.82. The van der Waals surface area contributed by atoms with Crippen LogP contribution in [0.1, 0.15) is 44.4 Å². The van der Waals surface area contributed by atoms with Gasteiger partial charge in [0.25, 0.3) is 0 Å². The van der Waals surface area contributed by atoms with Gasteiger partial charge in [-0.1, -0.05) is 38.5 Å². The van der Waals surface area contributed by atoms with Crippen molar-refractivity contribution >= 4 is 10.0 Å². The lowest BCUT2D eigenvalue weighted by molar-refractivity contribution is 0.392. The minimum absolute atomic E-state index is 0.0188. The number of hydrogen-bond donors (Lipinski definition) is 1. The smallest absolute Gasteiger partial charge is 0.211 e. The number of sulfonamides is 1. The Kier molecular flexibility index (Phi) is 5.82. The van der Waals surface area contributed by atoms with Crippen molar-refractivity contribution in [3.8, 4) is 5.75 Å². The Morgan fingerprint density at radius 3 is 2.33 bits per heavy atom. The van der Waals surface area contributed by atoms with Crippen molar-refractivity contribution in [2.45, 2.75) is 46.5 Å². The molecule has 1 N–H and O–H groups in total. The van der Waals surface area contributed by atoms with E-state index in [0.717, 1.165) is 22.4 Å². The van der Waals surface area contributed by atoms with E-state index >= 15 is 0 Å². The van der Waals surface area contributed by atoms with Gasteiger partial charge in [-0.05, 0) is 31.2 Å². The molecule has 0 amide bonds. The fourth-order valence-electron chi connectivity index (χ4n) is 2.28. The van der Waals surface area contributed by atoms with E-state index < -0.39 is 10.0 Å². The first kappa shape index (κ1) is 18.0. The largest absolute Gasteiger partial charge is 0.496 e. The van der Waals surface area contributed by atoms with Gasteiger partial charge >= 0.3 is 0 Å². The van der Waals surface area contributed by atoms with Crippen LogP contribution in [-0.4, -0.2) is 27.8 Å². The molecule has 0 radical (unpaired) electrons. The maximum atomic E-state index is 11.5. The fraction of sp³-hybridized carbons (Fsp3) is 0.625. The predicted molar refractivity (Wildman–Crippen MR) is 87.6 cm³/mol. The van der Waals surface area contributed by atoms with Crippen molar-refractivity contribution in [3.05, 3.63) is 28.8 Å². The minimum Gasteiger partial charge on any atom is -0.496 e. The number of nitrogens with one attached hydrogen (secondary N) is 1. The third-order valence-electron chi connectivity index (χ3n) is 3.42. The highest BCUT2D eigenvalue weighted by atomic mass is 32.2. The highest BCUT2D eigenvalue weighted by Gasteiger charge is 2.21. The molecule has 21 heavy (non-hydrogen) atoms. The highest BCUT2D eigenvalue weighted by Crippen LogP contribution is 2.35. The maximum absolute atomic E-state index is 11.5. The molecule has 0 atom stereocenters.